The van der Waals surface area contributed by atoms with Crippen molar-refractivity contribution in [2.75, 3.05) is 10.6 Å². The molecule has 3 rings (SSSR count). The quantitative estimate of drug-likeness (QED) is 0.807. The first-order chi connectivity index (χ1) is 12.2. The maximum Gasteiger partial charge on any atom is 0.332 e. The summed E-state index contributed by atoms with van der Waals surface area (Å²) in [6.07, 6.45) is -0.323. The number of carbonyl (C=O) groups excluding carboxylic acids is 2. The highest BCUT2D eigenvalue weighted by Crippen LogP contribution is 2.29. The molecule has 26 heavy (non-hydrogen) atoms. The number of rotatable bonds is 2. The van der Waals surface area contributed by atoms with Gasteiger partial charge in [0.15, 0.2) is 11.6 Å². The SMILES string of the molecule is Cn1c2c(c(=O)n(C)c1=O)C(C(=O)Nc1ccc(F)c(F)c1)CC(=O)N2. The topological polar surface area (TPSA) is 102 Å². The maximum atomic E-state index is 13.3. The van der Waals surface area contributed by atoms with Crippen LogP contribution in [0.25, 0.3) is 0 Å². The minimum atomic E-state index is -1.18. The Morgan fingerprint density at radius 1 is 1.15 bits per heavy atom. The van der Waals surface area contributed by atoms with Crippen molar-refractivity contribution in [1.82, 2.24) is 9.13 Å². The molecule has 0 fully saturated rings. The summed E-state index contributed by atoms with van der Waals surface area (Å²) >= 11 is 0. The zero-order chi connectivity index (χ0) is 19.2. The van der Waals surface area contributed by atoms with Crippen LogP contribution in [0.15, 0.2) is 27.8 Å². The smallest absolute Gasteiger partial charge is 0.325 e. The van der Waals surface area contributed by atoms with Crippen LogP contribution in [-0.2, 0) is 23.7 Å². The van der Waals surface area contributed by atoms with Gasteiger partial charge in [0.25, 0.3) is 5.56 Å². The van der Waals surface area contributed by atoms with Crippen molar-refractivity contribution < 1.29 is 18.4 Å². The van der Waals surface area contributed by atoms with E-state index in [2.05, 4.69) is 10.6 Å². The van der Waals surface area contributed by atoms with E-state index in [1.54, 1.807) is 0 Å². The number of hydrogen-bond donors (Lipinski definition) is 2. The second-order valence-corrected chi connectivity index (χ2v) is 5.89. The molecule has 0 bridgehead atoms. The van der Waals surface area contributed by atoms with Gasteiger partial charge in [-0.05, 0) is 12.1 Å². The summed E-state index contributed by atoms with van der Waals surface area (Å²) in [6.45, 7) is 0. The number of amides is 2. The first-order valence-corrected chi connectivity index (χ1v) is 7.56. The van der Waals surface area contributed by atoms with Crippen LogP contribution in [0.5, 0.6) is 0 Å². The number of nitrogens with zero attached hydrogens (tertiary/aromatic N) is 2. The molecule has 2 aromatic rings. The third-order valence-corrected chi connectivity index (χ3v) is 4.20. The monoisotopic (exact) mass is 364 g/mol. The summed E-state index contributed by atoms with van der Waals surface area (Å²) < 4.78 is 28.2. The lowest BCUT2D eigenvalue weighted by Gasteiger charge is -2.26. The van der Waals surface area contributed by atoms with E-state index in [1.165, 1.54) is 14.1 Å². The lowest BCUT2D eigenvalue weighted by Crippen LogP contribution is -2.45. The summed E-state index contributed by atoms with van der Waals surface area (Å²) in [7, 11) is 2.61. The lowest BCUT2D eigenvalue weighted by atomic mass is 9.92. The molecule has 0 spiro atoms. The number of carbonyl (C=O) groups is 2. The summed E-state index contributed by atoms with van der Waals surface area (Å²) in [6, 6.07) is 2.78. The number of aromatic nitrogens is 2. The number of hydrogen-bond acceptors (Lipinski definition) is 4. The molecule has 2 amide bonds. The van der Waals surface area contributed by atoms with Crippen molar-refractivity contribution in [2.24, 2.45) is 14.1 Å². The van der Waals surface area contributed by atoms with Crippen LogP contribution in [0.2, 0.25) is 0 Å². The normalized spacial score (nSPS) is 16.0. The van der Waals surface area contributed by atoms with Crippen LogP contribution in [0, 0.1) is 11.6 Å². The summed E-state index contributed by atoms with van der Waals surface area (Å²) in [5.74, 6) is -4.76. The molecule has 1 atom stereocenters. The van der Waals surface area contributed by atoms with Gasteiger partial charge >= 0.3 is 5.69 Å². The van der Waals surface area contributed by atoms with Crippen molar-refractivity contribution in [2.45, 2.75) is 12.3 Å². The van der Waals surface area contributed by atoms with Gasteiger partial charge in [0.05, 0.1) is 11.5 Å². The average molecular weight is 364 g/mol. The van der Waals surface area contributed by atoms with Gasteiger partial charge < -0.3 is 10.6 Å². The minimum Gasteiger partial charge on any atom is -0.325 e. The minimum absolute atomic E-state index is 0.0249. The molecular weight excluding hydrogens is 350 g/mol. The van der Waals surface area contributed by atoms with Crippen molar-refractivity contribution in [3.63, 3.8) is 0 Å². The molecule has 0 radical (unpaired) electrons. The van der Waals surface area contributed by atoms with E-state index in [4.69, 9.17) is 0 Å². The van der Waals surface area contributed by atoms with Crippen molar-refractivity contribution in [3.05, 3.63) is 56.2 Å². The zero-order valence-electron chi connectivity index (χ0n) is 13.8. The van der Waals surface area contributed by atoms with E-state index in [0.717, 1.165) is 27.3 Å². The number of anilines is 2. The Morgan fingerprint density at radius 2 is 1.85 bits per heavy atom. The zero-order valence-corrected chi connectivity index (χ0v) is 13.8. The molecule has 1 unspecified atom stereocenters. The summed E-state index contributed by atoms with van der Waals surface area (Å²) in [5.41, 5.74) is -1.44. The van der Waals surface area contributed by atoms with Crippen molar-refractivity contribution >= 4 is 23.3 Å². The standard InChI is InChI=1S/C16H14F2N4O4/c1-21-13-12(15(25)22(2)16(21)26)8(6-11(23)20-13)14(24)19-7-3-4-9(17)10(18)5-7/h3-5,8H,6H2,1-2H3,(H,19,24)(H,20,23). The van der Waals surface area contributed by atoms with Gasteiger partial charge in [0.2, 0.25) is 11.8 Å². The fraction of sp³-hybridized carbons (Fsp3) is 0.250. The average Bonchev–Trinajstić information content (AvgIpc) is 2.60. The Morgan fingerprint density at radius 3 is 2.50 bits per heavy atom. The third-order valence-electron chi connectivity index (χ3n) is 4.20. The lowest BCUT2D eigenvalue weighted by molar-refractivity contribution is -0.123. The highest BCUT2D eigenvalue weighted by molar-refractivity contribution is 6.04. The first-order valence-electron chi connectivity index (χ1n) is 7.56. The molecule has 136 valence electrons. The second kappa shape index (κ2) is 6.21. The van der Waals surface area contributed by atoms with Gasteiger partial charge in [-0.3, -0.25) is 23.5 Å². The van der Waals surface area contributed by atoms with Crippen LogP contribution in [0.3, 0.4) is 0 Å². The van der Waals surface area contributed by atoms with Crippen LogP contribution in [0.4, 0.5) is 20.3 Å². The molecule has 1 aromatic heterocycles. The van der Waals surface area contributed by atoms with E-state index < -0.39 is 40.6 Å². The van der Waals surface area contributed by atoms with E-state index in [1.807, 2.05) is 0 Å². The van der Waals surface area contributed by atoms with E-state index in [-0.39, 0.29) is 23.5 Å². The molecule has 8 nitrogen and oxygen atoms in total. The molecule has 2 N–H and O–H groups in total. The van der Waals surface area contributed by atoms with Gasteiger partial charge in [-0.15, -0.1) is 0 Å². The fourth-order valence-corrected chi connectivity index (χ4v) is 2.83. The van der Waals surface area contributed by atoms with Gasteiger partial charge in [0, 0.05) is 32.3 Å². The molecular formula is C16H14F2N4O4. The number of fused-ring (bicyclic) bond motifs is 1. The molecule has 0 aliphatic carbocycles. The van der Waals surface area contributed by atoms with E-state index in [9.17, 15) is 28.0 Å². The van der Waals surface area contributed by atoms with E-state index in [0.29, 0.717) is 0 Å². The highest BCUT2D eigenvalue weighted by Gasteiger charge is 2.35. The molecule has 0 saturated heterocycles. The van der Waals surface area contributed by atoms with Gasteiger partial charge in [-0.1, -0.05) is 0 Å². The molecule has 1 aromatic carbocycles. The molecule has 10 heteroatoms. The Bertz CT molecular complexity index is 1060. The molecule has 2 heterocycles. The molecule has 1 aliphatic rings. The van der Waals surface area contributed by atoms with Crippen LogP contribution in [-0.4, -0.2) is 20.9 Å². The molecule has 0 saturated carbocycles. The van der Waals surface area contributed by atoms with Gasteiger partial charge in [-0.2, -0.15) is 0 Å². The van der Waals surface area contributed by atoms with Crippen LogP contribution in [0.1, 0.15) is 17.9 Å². The Hall–Kier alpha value is -3.30. The van der Waals surface area contributed by atoms with Gasteiger partial charge in [-0.25, -0.2) is 13.6 Å². The summed E-state index contributed by atoms with van der Waals surface area (Å²) in [4.78, 5) is 49.0. The first kappa shape index (κ1) is 17.5. The van der Waals surface area contributed by atoms with E-state index >= 15 is 0 Å². The Labute approximate surface area is 145 Å². The Balaban J connectivity index is 2.05. The number of nitrogens with one attached hydrogen (secondary N) is 2. The fourth-order valence-electron chi connectivity index (χ4n) is 2.83. The van der Waals surface area contributed by atoms with Crippen LogP contribution >= 0.6 is 0 Å². The number of benzene rings is 1. The Kier molecular flexibility index (Phi) is 4.18. The second-order valence-electron chi connectivity index (χ2n) is 5.89. The van der Waals surface area contributed by atoms with Crippen molar-refractivity contribution in [3.8, 4) is 0 Å². The number of halogens is 2. The predicted molar refractivity (Wildman–Crippen MR) is 87.9 cm³/mol. The summed E-state index contributed by atoms with van der Waals surface area (Å²) in [5, 5.41) is 4.78. The maximum absolute atomic E-state index is 13.3. The van der Waals surface area contributed by atoms with Crippen molar-refractivity contribution in [1.29, 1.82) is 0 Å². The largest absolute Gasteiger partial charge is 0.332 e. The van der Waals surface area contributed by atoms with Crippen LogP contribution < -0.4 is 21.9 Å². The predicted octanol–water partition coefficient (Wildman–Crippen LogP) is 0.427. The highest BCUT2D eigenvalue weighted by atomic mass is 19.2. The molecule has 1 aliphatic heterocycles. The van der Waals surface area contributed by atoms with Gasteiger partial charge in [0.1, 0.15) is 5.82 Å². The third kappa shape index (κ3) is 2.79.